The predicted octanol–water partition coefficient (Wildman–Crippen LogP) is 3.55. The highest BCUT2D eigenvalue weighted by Gasteiger charge is 2.18. The minimum Gasteiger partial charge on any atom is -0.453 e. The van der Waals surface area contributed by atoms with Crippen molar-refractivity contribution in [2.45, 2.75) is 13.0 Å². The van der Waals surface area contributed by atoms with E-state index in [9.17, 15) is 0 Å². The predicted molar refractivity (Wildman–Crippen MR) is 65.8 cm³/mol. The lowest BCUT2D eigenvalue weighted by Gasteiger charge is -2.17. The summed E-state index contributed by atoms with van der Waals surface area (Å²) in [6, 6.07) is 10.2. The summed E-state index contributed by atoms with van der Waals surface area (Å²) in [6.07, 6.45) is 1.61. The summed E-state index contributed by atoms with van der Waals surface area (Å²) in [7, 11) is 1.92. The zero-order valence-electron chi connectivity index (χ0n) is 9.33. The molecule has 2 nitrogen and oxygen atoms in total. The Kier molecular flexibility index (Phi) is 3.32. The van der Waals surface area contributed by atoms with Crippen LogP contribution in [-0.2, 0) is 0 Å². The van der Waals surface area contributed by atoms with Gasteiger partial charge in [-0.25, -0.2) is 0 Å². The van der Waals surface area contributed by atoms with Crippen LogP contribution in [0.2, 0.25) is 5.22 Å². The van der Waals surface area contributed by atoms with Crippen LogP contribution in [0.1, 0.15) is 22.7 Å². The van der Waals surface area contributed by atoms with Gasteiger partial charge < -0.3 is 9.73 Å². The zero-order valence-corrected chi connectivity index (χ0v) is 10.1. The normalized spacial score (nSPS) is 12.7. The molecule has 0 spiro atoms. The van der Waals surface area contributed by atoms with E-state index in [0.29, 0.717) is 5.22 Å². The van der Waals surface area contributed by atoms with Crippen molar-refractivity contribution in [3.05, 3.63) is 58.5 Å². The third-order valence-corrected chi connectivity index (χ3v) is 3.05. The van der Waals surface area contributed by atoms with Crippen molar-refractivity contribution in [1.82, 2.24) is 5.32 Å². The van der Waals surface area contributed by atoms with Gasteiger partial charge in [0.2, 0.25) is 0 Å². The molecule has 0 saturated heterocycles. The fourth-order valence-electron chi connectivity index (χ4n) is 1.90. The number of benzene rings is 1. The molecule has 2 aromatic rings. The maximum atomic E-state index is 6.01. The zero-order chi connectivity index (χ0) is 11.5. The molecule has 1 unspecified atom stereocenters. The molecule has 0 radical (unpaired) electrons. The van der Waals surface area contributed by atoms with Crippen molar-refractivity contribution in [1.29, 1.82) is 0 Å². The van der Waals surface area contributed by atoms with Gasteiger partial charge in [0.25, 0.3) is 0 Å². The Morgan fingerprint density at radius 1 is 1.19 bits per heavy atom. The van der Waals surface area contributed by atoms with Gasteiger partial charge in [-0.15, -0.1) is 0 Å². The van der Waals surface area contributed by atoms with Crippen molar-refractivity contribution < 1.29 is 4.42 Å². The van der Waals surface area contributed by atoms with E-state index in [-0.39, 0.29) is 6.04 Å². The van der Waals surface area contributed by atoms with E-state index in [1.165, 1.54) is 11.1 Å². The molecular weight excluding hydrogens is 222 g/mol. The highest BCUT2D eigenvalue weighted by molar-refractivity contribution is 6.29. The molecule has 0 amide bonds. The maximum Gasteiger partial charge on any atom is 0.198 e. The van der Waals surface area contributed by atoms with Crippen LogP contribution in [-0.4, -0.2) is 7.05 Å². The van der Waals surface area contributed by atoms with E-state index in [2.05, 4.69) is 24.4 Å². The largest absolute Gasteiger partial charge is 0.453 e. The van der Waals surface area contributed by atoms with Gasteiger partial charge in [-0.3, -0.25) is 0 Å². The quantitative estimate of drug-likeness (QED) is 0.880. The van der Waals surface area contributed by atoms with Crippen LogP contribution in [0, 0.1) is 6.92 Å². The molecule has 1 aromatic carbocycles. The van der Waals surface area contributed by atoms with Crippen molar-refractivity contribution in [2.24, 2.45) is 0 Å². The molecule has 0 aliphatic carbocycles. The fraction of sp³-hybridized carbons (Fsp3) is 0.231. The molecule has 84 valence electrons. The Hall–Kier alpha value is -1.25. The SMILES string of the molecule is CNC(c1ccccc1C)c1ccoc1Cl. The summed E-state index contributed by atoms with van der Waals surface area (Å²) >= 11 is 6.01. The molecule has 1 aromatic heterocycles. The van der Waals surface area contributed by atoms with Gasteiger partial charge in [0.15, 0.2) is 5.22 Å². The molecule has 0 saturated carbocycles. The van der Waals surface area contributed by atoms with Crippen LogP contribution in [0.25, 0.3) is 0 Å². The average molecular weight is 236 g/mol. The van der Waals surface area contributed by atoms with Gasteiger partial charge in [-0.1, -0.05) is 24.3 Å². The van der Waals surface area contributed by atoms with E-state index >= 15 is 0 Å². The standard InChI is InChI=1S/C13H14ClNO/c1-9-5-3-4-6-10(9)12(15-2)11-7-8-16-13(11)14/h3-8,12,15H,1-2H3. The van der Waals surface area contributed by atoms with Crippen LogP contribution < -0.4 is 5.32 Å². The molecule has 1 heterocycles. The molecule has 3 heteroatoms. The smallest absolute Gasteiger partial charge is 0.198 e. The number of aryl methyl sites for hydroxylation is 1. The second-order valence-electron chi connectivity index (χ2n) is 3.73. The molecule has 16 heavy (non-hydrogen) atoms. The van der Waals surface area contributed by atoms with Crippen LogP contribution in [0.15, 0.2) is 41.0 Å². The summed E-state index contributed by atoms with van der Waals surface area (Å²) in [4.78, 5) is 0. The van der Waals surface area contributed by atoms with E-state index in [4.69, 9.17) is 16.0 Å². The van der Waals surface area contributed by atoms with E-state index in [1.54, 1.807) is 6.26 Å². The Bertz CT molecular complexity index is 478. The maximum absolute atomic E-state index is 6.01. The van der Waals surface area contributed by atoms with Gasteiger partial charge in [-0.05, 0) is 42.8 Å². The number of halogens is 1. The van der Waals surface area contributed by atoms with Crippen LogP contribution in [0.5, 0.6) is 0 Å². The number of nitrogens with one attached hydrogen (secondary N) is 1. The Morgan fingerprint density at radius 3 is 2.50 bits per heavy atom. The van der Waals surface area contributed by atoms with Crippen molar-refractivity contribution >= 4 is 11.6 Å². The van der Waals surface area contributed by atoms with Crippen molar-refractivity contribution in [2.75, 3.05) is 7.05 Å². The second-order valence-corrected chi connectivity index (χ2v) is 4.07. The summed E-state index contributed by atoms with van der Waals surface area (Å²) in [5, 5.41) is 3.70. The summed E-state index contributed by atoms with van der Waals surface area (Å²) in [5.41, 5.74) is 3.42. The molecule has 0 fully saturated rings. The number of hydrogen-bond acceptors (Lipinski definition) is 2. The first-order valence-corrected chi connectivity index (χ1v) is 5.57. The van der Waals surface area contributed by atoms with Crippen molar-refractivity contribution in [3.8, 4) is 0 Å². The van der Waals surface area contributed by atoms with Gasteiger partial charge in [-0.2, -0.15) is 0 Å². The average Bonchev–Trinajstić information content (AvgIpc) is 2.69. The lowest BCUT2D eigenvalue weighted by Crippen LogP contribution is -2.18. The minimum atomic E-state index is 0.0763. The first-order valence-electron chi connectivity index (χ1n) is 5.19. The van der Waals surface area contributed by atoms with E-state index in [0.717, 1.165) is 5.56 Å². The van der Waals surface area contributed by atoms with Crippen LogP contribution in [0.4, 0.5) is 0 Å². The Morgan fingerprint density at radius 2 is 1.94 bits per heavy atom. The Balaban J connectivity index is 2.45. The van der Waals surface area contributed by atoms with Crippen molar-refractivity contribution in [3.63, 3.8) is 0 Å². The summed E-state index contributed by atoms with van der Waals surface area (Å²) in [5.74, 6) is 0. The highest BCUT2D eigenvalue weighted by Crippen LogP contribution is 2.30. The lowest BCUT2D eigenvalue weighted by atomic mass is 9.97. The van der Waals surface area contributed by atoms with Gasteiger partial charge in [0, 0.05) is 5.56 Å². The van der Waals surface area contributed by atoms with Crippen LogP contribution >= 0.6 is 11.6 Å². The molecule has 1 atom stereocenters. The molecule has 1 N–H and O–H groups in total. The summed E-state index contributed by atoms with van der Waals surface area (Å²) < 4.78 is 5.13. The van der Waals surface area contributed by atoms with Crippen LogP contribution in [0.3, 0.4) is 0 Å². The van der Waals surface area contributed by atoms with Gasteiger partial charge in [0.1, 0.15) is 0 Å². The molecule has 0 bridgehead atoms. The minimum absolute atomic E-state index is 0.0763. The van der Waals surface area contributed by atoms with Gasteiger partial charge >= 0.3 is 0 Å². The molecule has 2 rings (SSSR count). The van der Waals surface area contributed by atoms with E-state index in [1.807, 2.05) is 25.2 Å². The highest BCUT2D eigenvalue weighted by atomic mass is 35.5. The Labute approximate surface area is 100 Å². The third kappa shape index (κ3) is 1.99. The molecule has 0 aliphatic rings. The third-order valence-electron chi connectivity index (χ3n) is 2.75. The number of hydrogen-bond donors (Lipinski definition) is 1. The topological polar surface area (TPSA) is 25.2 Å². The number of rotatable bonds is 3. The number of furan rings is 1. The summed E-state index contributed by atoms with van der Waals surface area (Å²) in [6.45, 7) is 2.09. The lowest BCUT2D eigenvalue weighted by molar-refractivity contribution is 0.559. The molecular formula is C13H14ClNO. The fourth-order valence-corrected chi connectivity index (χ4v) is 2.12. The monoisotopic (exact) mass is 235 g/mol. The first-order chi connectivity index (χ1) is 7.74. The molecule has 0 aliphatic heterocycles. The second kappa shape index (κ2) is 4.73. The van der Waals surface area contributed by atoms with Gasteiger partial charge in [0.05, 0.1) is 12.3 Å². The van der Waals surface area contributed by atoms with E-state index < -0.39 is 0 Å². The first kappa shape index (κ1) is 11.2.